The number of amides is 1. The Bertz CT molecular complexity index is 415. The number of nitrogens with one attached hydrogen (secondary N) is 1. The number of nitrogens with zero attached hydrogens (tertiary/aromatic N) is 1. The molecule has 5 heteroatoms. The van der Waals surface area contributed by atoms with Crippen LogP contribution in [-0.4, -0.2) is 54.5 Å². The van der Waals surface area contributed by atoms with Crippen molar-refractivity contribution >= 4 is 6.09 Å². The van der Waals surface area contributed by atoms with Crippen LogP contribution in [0.15, 0.2) is 0 Å². The highest BCUT2D eigenvalue weighted by Crippen LogP contribution is 2.36. The van der Waals surface area contributed by atoms with Crippen LogP contribution in [0.5, 0.6) is 0 Å². The Balaban J connectivity index is 1.64. The van der Waals surface area contributed by atoms with E-state index in [4.69, 9.17) is 9.47 Å². The molecular weight excluding hydrogens is 292 g/mol. The van der Waals surface area contributed by atoms with Gasteiger partial charge < -0.3 is 19.7 Å². The number of fused-ring (bicyclic) bond motifs is 2. The van der Waals surface area contributed by atoms with Crippen molar-refractivity contribution in [3.05, 3.63) is 0 Å². The highest BCUT2D eigenvalue weighted by Gasteiger charge is 2.42. The Morgan fingerprint density at radius 2 is 1.87 bits per heavy atom. The molecule has 3 unspecified atom stereocenters. The maximum absolute atomic E-state index is 12.6. The highest BCUT2D eigenvalue weighted by atomic mass is 16.6. The first kappa shape index (κ1) is 17.0. The van der Waals surface area contributed by atoms with Crippen LogP contribution in [0.4, 0.5) is 4.79 Å². The SMILES string of the molecule is CC(C)(C)OC(=O)N1CCC2CCC(NC3CCOCC3)C1C2. The van der Waals surface area contributed by atoms with Crippen LogP contribution >= 0.6 is 0 Å². The third kappa shape index (κ3) is 4.38. The van der Waals surface area contributed by atoms with Crippen molar-refractivity contribution in [2.75, 3.05) is 19.8 Å². The average molecular weight is 324 g/mol. The zero-order valence-electron chi connectivity index (χ0n) is 14.8. The second-order valence-corrected chi connectivity index (χ2v) is 8.37. The third-order valence-electron chi connectivity index (χ3n) is 5.40. The third-order valence-corrected chi connectivity index (χ3v) is 5.40. The summed E-state index contributed by atoms with van der Waals surface area (Å²) in [6.45, 7) is 8.37. The quantitative estimate of drug-likeness (QED) is 0.848. The van der Waals surface area contributed by atoms with Crippen LogP contribution in [0.25, 0.3) is 0 Å². The molecule has 0 aromatic rings. The van der Waals surface area contributed by atoms with E-state index in [1.54, 1.807) is 0 Å². The van der Waals surface area contributed by atoms with Gasteiger partial charge in [-0.05, 0) is 65.2 Å². The molecule has 0 radical (unpaired) electrons. The fourth-order valence-corrected chi connectivity index (χ4v) is 4.23. The lowest BCUT2D eigenvalue weighted by molar-refractivity contribution is -0.0144. The number of rotatable bonds is 2. The maximum Gasteiger partial charge on any atom is 0.410 e. The fraction of sp³-hybridized carbons (Fsp3) is 0.944. The Labute approximate surface area is 140 Å². The van der Waals surface area contributed by atoms with Gasteiger partial charge in [-0.25, -0.2) is 4.79 Å². The summed E-state index contributed by atoms with van der Waals surface area (Å²) in [6, 6.07) is 1.23. The number of piperidine rings is 1. The minimum Gasteiger partial charge on any atom is -0.444 e. The van der Waals surface area contributed by atoms with E-state index in [1.165, 1.54) is 12.8 Å². The van der Waals surface area contributed by atoms with Crippen molar-refractivity contribution < 1.29 is 14.3 Å². The van der Waals surface area contributed by atoms with E-state index >= 15 is 0 Å². The minimum absolute atomic E-state index is 0.137. The molecule has 2 saturated heterocycles. The van der Waals surface area contributed by atoms with E-state index in [2.05, 4.69) is 5.32 Å². The molecule has 3 fully saturated rings. The van der Waals surface area contributed by atoms with Crippen LogP contribution in [0.2, 0.25) is 0 Å². The van der Waals surface area contributed by atoms with E-state index in [0.29, 0.717) is 18.1 Å². The summed E-state index contributed by atoms with van der Waals surface area (Å²) in [5.74, 6) is 0.784. The molecule has 5 nitrogen and oxygen atoms in total. The number of hydrogen-bond donors (Lipinski definition) is 1. The zero-order chi connectivity index (χ0) is 16.4. The summed E-state index contributed by atoms with van der Waals surface area (Å²) in [6.07, 6.45) is 6.74. The molecule has 2 heterocycles. The fourth-order valence-electron chi connectivity index (χ4n) is 4.23. The van der Waals surface area contributed by atoms with Crippen molar-refractivity contribution in [3.8, 4) is 0 Å². The largest absolute Gasteiger partial charge is 0.444 e. The van der Waals surface area contributed by atoms with Gasteiger partial charge in [0.05, 0.1) is 6.04 Å². The zero-order valence-corrected chi connectivity index (χ0v) is 14.8. The van der Waals surface area contributed by atoms with Crippen molar-refractivity contribution in [1.82, 2.24) is 10.2 Å². The van der Waals surface area contributed by atoms with Gasteiger partial charge in [0.1, 0.15) is 5.60 Å². The first-order chi connectivity index (χ1) is 10.9. The normalized spacial score (nSPS) is 32.7. The molecule has 132 valence electrons. The van der Waals surface area contributed by atoms with E-state index in [0.717, 1.165) is 51.4 Å². The molecule has 2 aliphatic heterocycles. The molecule has 1 amide bonds. The molecule has 1 aliphatic carbocycles. The molecule has 0 spiro atoms. The second-order valence-electron chi connectivity index (χ2n) is 8.37. The summed E-state index contributed by atoms with van der Waals surface area (Å²) in [4.78, 5) is 14.6. The Kier molecular flexibility index (Phi) is 5.16. The van der Waals surface area contributed by atoms with Crippen LogP contribution in [-0.2, 0) is 9.47 Å². The predicted molar refractivity (Wildman–Crippen MR) is 89.5 cm³/mol. The van der Waals surface area contributed by atoms with Crippen molar-refractivity contribution in [3.63, 3.8) is 0 Å². The first-order valence-corrected chi connectivity index (χ1v) is 9.26. The van der Waals surface area contributed by atoms with Gasteiger partial charge in [-0.15, -0.1) is 0 Å². The molecule has 0 aromatic carbocycles. The Hall–Kier alpha value is -0.810. The number of carbonyl (C=O) groups is 1. The highest BCUT2D eigenvalue weighted by molar-refractivity contribution is 5.69. The molecule has 1 saturated carbocycles. The smallest absolute Gasteiger partial charge is 0.410 e. The minimum atomic E-state index is -0.424. The van der Waals surface area contributed by atoms with Gasteiger partial charge in [0.15, 0.2) is 0 Å². The number of likely N-dealkylation sites (tertiary alicyclic amines) is 1. The molecule has 3 rings (SSSR count). The lowest BCUT2D eigenvalue weighted by Crippen LogP contribution is -2.60. The van der Waals surface area contributed by atoms with Crippen LogP contribution < -0.4 is 5.32 Å². The van der Waals surface area contributed by atoms with Crippen molar-refractivity contribution in [2.24, 2.45) is 5.92 Å². The number of ether oxygens (including phenoxy) is 2. The Morgan fingerprint density at radius 3 is 2.57 bits per heavy atom. The predicted octanol–water partition coefficient (Wildman–Crippen LogP) is 2.93. The molecule has 3 aliphatic rings. The second kappa shape index (κ2) is 6.98. The molecule has 3 atom stereocenters. The van der Waals surface area contributed by atoms with Crippen molar-refractivity contribution in [1.29, 1.82) is 0 Å². The molecule has 1 N–H and O–H groups in total. The molecule has 2 bridgehead atoms. The van der Waals surface area contributed by atoms with Gasteiger partial charge in [-0.1, -0.05) is 0 Å². The van der Waals surface area contributed by atoms with E-state index in [1.807, 2.05) is 25.7 Å². The number of carbonyl (C=O) groups excluding carboxylic acids is 1. The average Bonchev–Trinajstić information content (AvgIpc) is 2.50. The molecule has 0 aromatic heterocycles. The maximum atomic E-state index is 12.6. The van der Waals surface area contributed by atoms with Gasteiger partial charge in [-0.3, -0.25) is 0 Å². The summed E-state index contributed by atoms with van der Waals surface area (Å²) < 4.78 is 11.1. The van der Waals surface area contributed by atoms with Gasteiger partial charge in [-0.2, -0.15) is 0 Å². The molecule has 23 heavy (non-hydrogen) atoms. The van der Waals surface area contributed by atoms with Gasteiger partial charge in [0.25, 0.3) is 0 Å². The first-order valence-electron chi connectivity index (χ1n) is 9.26. The topological polar surface area (TPSA) is 50.8 Å². The van der Waals surface area contributed by atoms with E-state index in [9.17, 15) is 4.79 Å². The van der Waals surface area contributed by atoms with Gasteiger partial charge >= 0.3 is 6.09 Å². The summed E-state index contributed by atoms with van der Waals surface area (Å²) in [5.41, 5.74) is -0.424. The van der Waals surface area contributed by atoms with Gasteiger partial charge in [0.2, 0.25) is 0 Å². The van der Waals surface area contributed by atoms with Gasteiger partial charge in [0, 0.05) is 31.8 Å². The lowest BCUT2D eigenvalue weighted by Gasteiger charge is -2.48. The molecular formula is C18H32N2O3. The van der Waals surface area contributed by atoms with Crippen LogP contribution in [0.3, 0.4) is 0 Å². The monoisotopic (exact) mass is 324 g/mol. The number of hydrogen-bond acceptors (Lipinski definition) is 4. The van der Waals surface area contributed by atoms with E-state index < -0.39 is 5.60 Å². The summed E-state index contributed by atoms with van der Waals surface area (Å²) >= 11 is 0. The Morgan fingerprint density at radius 1 is 1.13 bits per heavy atom. The standard InChI is InChI=1S/C18H32N2O3/c1-18(2,3)23-17(21)20-9-6-13-4-5-15(16(20)12-13)19-14-7-10-22-11-8-14/h13-16,19H,4-12H2,1-3H3. The lowest BCUT2D eigenvalue weighted by atomic mass is 9.76. The summed E-state index contributed by atoms with van der Waals surface area (Å²) in [7, 11) is 0. The van der Waals surface area contributed by atoms with Crippen LogP contribution in [0.1, 0.15) is 59.3 Å². The summed E-state index contributed by atoms with van der Waals surface area (Å²) in [5, 5.41) is 3.83. The van der Waals surface area contributed by atoms with E-state index in [-0.39, 0.29) is 6.09 Å². The van der Waals surface area contributed by atoms with Crippen LogP contribution in [0, 0.1) is 5.92 Å². The van der Waals surface area contributed by atoms with Crippen molar-refractivity contribution in [2.45, 2.75) is 83.0 Å².